The van der Waals surface area contributed by atoms with Crippen molar-refractivity contribution in [2.45, 2.75) is 76.9 Å². The van der Waals surface area contributed by atoms with Crippen LogP contribution in [0.3, 0.4) is 0 Å². The summed E-state index contributed by atoms with van der Waals surface area (Å²) in [5.41, 5.74) is -0.479. The van der Waals surface area contributed by atoms with E-state index in [9.17, 15) is 4.21 Å². The van der Waals surface area contributed by atoms with E-state index in [2.05, 4.69) is 45.2 Å². The molecule has 0 aliphatic heterocycles. The molecule has 0 aromatic rings. The van der Waals surface area contributed by atoms with Gasteiger partial charge in [-0.3, -0.25) is 0 Å². The fourth-order valence-corrected chi connectivity index (χ4v) is 3.01. The van der Waals surface area contributed by atoms with Crippen molar-refractivity contribution in [1.29, 1.82) is 0 Å². The third-order valence-electron chi connectivity index (χ3n) is 3.87. The Bertz CT molecular complexity index is 369. The predicted octanol–water partition coefficient (Wildman–Crippen LogP) is 4.00. The summed E-state index contributed by atoms with van der Waals surface area (Å²) in [5.74, 6) is 0. The van der Waals surface area contributed by atoms with Gasteiger partial charge in [0.1, 0.15) is 0 Å². The fraction of sp³-hybridized carbons (Fsp3) is 0.867. The van der Waals surface area contributed by atoms with E-state index in [4.69, 9.17) is 4.43 Å². The highest BCUT2D eigenvalue weighted by molar-refractivity contribution is 7.84. The molecule has 0 radical (unpaired) electrons. The molecule has 3 nitrogen and oxygen atoms in total. The first-order valence-electron chi connectivity index (χ1n) is 7.12. The van der Waals surface area contributed by atoms with Gasteiger partial charge in [0.2, 0.25) is 0 Å². The molecule has 120 valence electrons. The van der Waals surface area contributed by atoms with Crippen molar-refractivity contribution in [2.75, 3.05) is 6.61 Å². The minimum absolute atomic E-state index is 0.165. The lowest BCUT2D eigenvalue weighted by Gasteiger charge is -2.39. The molecule has 0 aromatic heterocycles. The molecular formula is C15H33NO2SSi. The average Bonchev–Trinajstić information content (AvgIpc) is 2.23. The third kappa shape index (κ3) is 5.80. The first-order valence-corrected chi connectivity index (χ1v) is 11.2. The van der Waals surface area contributed by atoms with Crippen LogP contribution in [0.1, 0.15) is 48.5 Å². The minimum atomic E-state index is -1.81. The summed E-state index contributed by atoms with van der Waals surface area (Å²) in [6, 6.07) is 0. The maximum atomic E-state index is 12.3. The highest BCUT2D eigenvalue weighted by atomic mass is 32.2. The van der Waals surface area contributed by atoms with Crippen molar-refractivity contribution in [3.8, 4) is 0 Å². The second-order valence-corrected chi connectivity index (χ2v) is 14.9. The first-order chi connectivity index (χ1) is 8.65. The summed E-state index contributed by atoms with van der Waals surface area (Å²) in [5, 5.41) is 0.165. The smallest absolute Gasteiger partial charge is 0.192 e. The van der Waals surface area contributed by atoms with Crippen LogP contribution < -0.4 is 4.72 Å². The highest BCUT2D eigenvalue weighted by Gasteiger charge is 2.39. The van der Waals surface area contributed by atoms with Crippen molar-refractivity contribution in [2.24, 2.45) is 0 Å². The molecule has 0 saturated carbocycles. The number of hydrogen-bond acceptors (Lipinski definition) is 2. The van der Waals surface area contributed by atoms with Gasteiger partial charge in [-0.15, -0.1) is 6.58 Å². The highest BCUT2D eigenvalue weighted by Crippen LogP contribution is 2.37. The second kappa shape index (κ2) is 6.42. The Morgan fingerprint density at radius 1 is 1.15 bits per heavy atom. The number of rotatable bonds is 6. The minimum Gasteiger partial charge on any atom is -0.415 e. The van der Waals surface area contributed by atoms with Gasteiger partial charge >= 0.3 is 0 Å². The summed E-state index contributed by atoms with van der Waals surface area (Å²) in [4.78, 5) is 0. The largest absolute Gasteiger partial charge is 0.415 e. The Balaban J connectivity index is 4.86. The Morgan fingerprint density at radius 3 is 1.90 bits per heavy atom. The zero-order valence-electron chi connectivity index (χ0n) is 14.7. The first kappa shape index (κ1) is 20.0. The van der Waals surface area contributed by atoms with Crippen LogP contribution in [0.15, 0.2) is 12.7 Å². The molecule has 0 spiro atoms. The van der Waals surface area contributed by atoms with E-state index in [1.165, 1.54) is 0 Å². The maximum absolute atomic E-state index is 12.3. The quantitative estimate of drug-likeness (QED) is 0.593. The second-order valence-electron chi connectivity index (χ2n) is 8.15. The summed E-state index contributed by atoms with van der Waals surface area (Å²) in [6.07, 6.45) is 1.80. The molecule has 0 bridgehead atoms. The van der Waals surface area contributed by atoms with Gasteiger partial charge in [0.05, 0.1) is 27.9 Å². The lowest BCUT2D eigenvalue weighted by Crippen LogP contribution is -2.53. The molecule has 2 unspecified atom stereocenters. The topological polar surface area (TPSA) is 38.3 Å². The summed E-state index contributed by atoms with van der Waals surface area (Å²) in [6.45, 7) is 23.3. The molecule has 0 aliphatic carbocycles. The van der Waals surface area contributed by atoms with Crippen LogP contribution >= 0.6 is 0 Å². The van der Waals surface area contributed by atoms with Crippen LogP contribution in [-0.2, 0) is 15.4 Å². The van der Waals surface area contributed by atoms with Crippen molar-refractivity contribution >= 4 is 19.3 Å². The SMILES string of the molecule is C=CC(C)(CO[Si](C)(C)C(C)(C)C)NS(=O)C(C)(C)C. The molecule has 1 N–H and O–H groups in total. The Labute approximate surface area is 129 Å². The molecule has 0 rings (SSSR count). The summed E-state index contributed by atoms with van der Waals surface area (Å²) >= 11 is 0. The molecule has 0 aromatic carbocycles. The van der Waals surface area contributed by atoms with E-state index in [0.29, 0.717) is 6.61 Å². The van der Waals surface area contributed by atoms with Gasteiger partial charge in [0.15, 0.2) is 8.32 Å². The molecule has 20 heavy (non-hydrogen) atoms. The Hall–Kier alpha value is 0.0269. The molecule has 0 amide bonds. The van der Waals surface area contributed by atoms with Crippen LogP contribution in [0.25, 0.3) is 0 Å². The Kier molecular flexibility index (Phi) is 6.43. The van der Waals surface area contributed by atoms with E-state index >= 15 is 0 Å². The van der Waals surface area contributed by atoms with Crippen molar-refractivity contribution < 1.29 is 8.63 Å². The maximum Gasteiger partial charge on any atom is 0.192 e. The number of nitrogens with one attached hydrogen (secondary N) is 1. The van der Waals surface area contributed by atoms with E-state index in [1.54, 1.807) is 6.08 Å². The van der Waals surface area contributed by atoms with Crippen LogP contribution in [-0.4, -0.2) is 29.4 Å². The lowest BCUT2D eigenvalue weighted by atomic mass is 10.1. The van der Waals surface area contributed by atoms with E-state index in [0.717, 1.165) is 0 Å². The average molecular weight is 320 g/mol. The van der Waals surface area contributed by atoms with Gasteiger partial charge in [-0.2, -0.15) is 0 Å². The van der Waals surface area contributed by atoms with Gasteiger partial charge in [-0.05, 0) is 45.8 Å². The molecule has 0 heterocycles. The molecule has 2 atom stereocenters. The molecule has 0 fully saturated rings. The van der Waals surface area contributed by atoms with Gasteiger partial charge in [0, 0.05) is 0 Å². The predicted molar refractivity (Wildman–Crippen MR) is 92.8 cm³/mol. The van der Waals surface area contributed by atoms with E-state index in [-0.39, 0.29) is 9.79 Å². The lowest BCUT2D eigenvalue weighted by molar-refractivity contribution is 0.229. The van der Waals surface area contributed by atoms with Crippen molar-refractivity contribution in [1.82, 2.24) is 4.72 Å². The zero-order chi connectivity index (χ0) is 16.4. The van der Waals surface area contributed by atoms with Gasteiger partial charge < -0.3 is 4.43 Å². The van der Waals surface area contributed by atoms with Crippen molar-refractivity contribution in [3.05, 3.63) is 12.7 Å². The number of hydrogen-bond donors (Lipinski definition) is 1. The monoisotopic (exact) mass is 319 g/mol. The van der Waals surface area contributed by atoms with Crippen LogP contribution in [0.4, 0.5) is 0 Å². The van der Waals surface area contributed by atoms with Gasteiger partial charge in [-0.1, -0.05) is 26.8 Å². The van der Waals surface area contributed by atoms with Crippen molar-refractivity contribution in [3.63, 3.8) is 0 Å². The molecule has 0 saturated heterocycles. The van der Waals surface area contributed by atoms with Crippen LogP contribution in [0.2, 0.25) is 18.1 Å². The normalized spacial score (nSPS) is 18.4. The van der Waals surface area contributed by atoms with Crippen LogP contribution in [0.5, 0.6) is 0 Å². The Morgan fingerprint density at radius 2 is 1.60 bits per heavy atom. The molecule has 0 aliphatic rings. The van der Waals surface area contributed by atoms with Gasteiger partial charge in [0.25, 0.3) is 0 Å². The standard InChI is InChI=1S/C15H33NO2SSi/c1-11-15(8,16-19(17)13(2,3)4)12-18-20(9,10)14(5,6)7/h11,16H,1,12H2,2-10H3. The zero-order valence-corrected chi connectivity index (χ0v) is 16.5. The van der Waals surface area contributed by atoms with Crippen LogP contribution in [0, 0.1) is 0 Å². The summed E-state index contributed by atoms with van der Waals surface area (Å²) < 4.78 is 21.4. The fourth-order valence-electron chi connectivity index (χ4n) is 1.04. The molecule has 5 heteroatoms. The molecular weight excluding hydrogens is 286 g/mol. The third-order valence-corrected chi connectivity index (χ3v) is 10.1. The summed E-state index contributed by atoms with van der Waals surface area (Å²) in [7, 11) is -2.96. The van der Waals surface area contributed by atoms with E-state index < -0.39 is 24.8 Å². The van der Waals surface area contributed by atoms with Gasteiger partial charge in [-0.25, -0.2) is 8.93 Å². The van der Waals surface area contributed by atoms with E-state index in [1.807, 2.05) is 27.7 Å².